The Morgan fingerprint density at radius 2 is 2.00 bits per heavy atom. The molecule has 0 atom stereocenters. The van der Waals surface area contributed by atoms with Crippen molar-refractivity contribution >= 4 is 15.9 Å². The number of H-pyrrole nitrogens is 1. The highest BCUT2D eigenvalue weighted by atomic mass is 79.9. The topological polar surface area (TPSA) is 49.0 Å². The molecule has 16 heavy (non-hydrogen) atoms. The Bertz CT molecular complexity index is 399. The minimum absolute atomic E-state index is 0.0953. The summed E-state index contributed by atoms with van der Waals surface area (Å²) in [6.45, 7) is 9.07. The Labute approximate surface area is 104 Å². The van der Waals surface area contributed by atoms with Crippen molar-refractivity contribution in [2.75, 3.05) is 19.6 Å². The van der Waals surface area contributed by atoms with Gasteiger partial charge in [-0.15, -0.1) is 0 Å². The van der Waals surface area contributed by atoms with Crippen LogP contribution in [0.3, 0.4) is 0 Å². The van der Waals surface area contributed by atoms with Gasteiger partial charge in [-0.25, -0.2) is 4.98 Å². The van der Waals surface area contributed by atoms with E-state index in [9.17, 15) is 4.79 Å². The zero-order chi connectivity index (χ0) is 12.1. The van der Waals surface area contributed by atoms with Gasteiger partial charge in [0, 0.05) is 13.0 Å². The Kier molecular flexibility index (Phi) is 5.15. The van der Waals surface area contributed by atoms with Gasteiger partial charge in [0.2, 0.25) is 0 Å². The predicted octanol–water partition coefficient (Wildman–Crippen LogP) is 1.73. The average Bonchev–Trinajstić information content (AvgIpc) is 2.27. The predicted molar refractivity (Wildman–Crippen MR) is 68.8 cm³/mol. The molecule has 1 N–H and O–H groups in total. The number of rotatable bonds is 5. The lowest BCUT2D eigenvalue weighted by molar-refractivity contribution is 0.305. The summed E-state index contributed by atoms with van der Waals surface area (Å²) in [5, 5.41) is 0. The van der Waals surface area contributed by atoms with Crippen molar-refractivity contribution in [1.82, 2.24) is 14.9 Å². The number of aromatic amines is 1. The number of hydrogen-bond acceptors (Lipinski definition) is 3. The maximum atomic E-state index is 11.5. The van der Waals surface area contributed by atoms with Crippen molar-refractivity contribution in [1.29, 1.82) is 0 Å². The van der Waals surface area contributed by atoms with Gasteiger partial charge in [-0.1, -0.05) is 13.8 Å². The standard InChI is InChI=1S/C11H18BrN3O/c1-4-15(5-2)7-6-9-13-8(3)10(12)11(16)14-9/h4-7H2,1-3H3,(H,13,14,16). The molecule has 1 aromatic rings. The van der Waals surface area contributed by atoms with Crippen LogP contribution < -0.4 is 5.56 Å². The van der Waals surface area contributed by atoms with Gasteiger partial charge in [-0.3, -0.25) is 4.79 Å². The van der Waals surface area contributed by atoms with Crippen LogP contribution in [-0.2, 0) is 6.42 Å². The maximum Gasteiger partial charge on any atom is 0.265 e. The number of aromatic nitrogens is 2. The van der Waals surface area contributed by atoms with Crippen LogP contribution in [0.5, 0.6) is 0 Å². The molecule has 5 heteroatoms. The Morgan fingerprint density at radius 1 is 1.38 bits per heavy atom. The van der Waals surface area contributed by atoms with Crippen LogP contribution in [0.1, 0.15) is 25.4 Å². The third-order valence-corrected chi connectivity index (χ3v) is 3.57. The van der Waals surface area contributed by atoms with E-state index >= 15 is 0 Å². The molecule has 4 nitrogen and oxygen atoms in total. The Morgan fingerprint density at radius 3 is 2.50 bits per heavy atom. The van der Waals surface area contributed by atoms with Crippen molar-refractivity contribution in [3.8, 4) is 0 Å². The van der Waals surface area contributed by atoms with Crippen molar-refractivity contribution < 1.29 is 0 Å². The fourth-order valence-corrected chi connectivity index (χ4v) is 1.74. The second-order valence-electron chi connectivity index (χ2n) is 3.69. The van der Waals surface area contributed by atoms with E-state index in [0.29, 0.717) is 4.47 Å². The van der Waals surface area contributed by atoms with Crippen LogP contribution in [0.4, 0.5) is 0 Å². The molecule has 0 spiro atoms. The second-order valence-corrected chi connectivity index (χ2v) is 4.48. The second kappa shape index (κ2) is 6.15. The summed E-state index contributed by atoms with van der Waals surface area (Å²) in [4.78, 5) is 20.9. The molecule has 0 unspecified atom stereocenters. The van der Waals surface area contributed by atoms with Gasteiger partial charge in [0.1, 0.15) is 10.3 Å². The number of aryl methyl sites for hydroxylation is 1. The molecule has 0 saturated carbocycles. The van der Waals surface area contributed by atoms with E-state index in [1.165, 1.54) is 0 Å². The maximum absolute atomic E-state index is 11.5. The van der Waals surface area contributed by atoms with Crippen LogP contribution in [0.2, 0.25) is 0 Å². The smallest absolute Gasteiger partial charge is 0.265 e. The van der Waals surface area contributed by atoms with Crippen LogP contribution >= 0.6 is 15.9 Å². The summed E-state index contributed by atoms with van der Waals surface area (Å²) < 4.78 is 0.527. The molecule has 1 aromatic heterocycles. The molecule has 0 fully saturated rings. The van der Waals surface area contributed by atoms with Gasteiger partial charge in [0.25, 0.3) is 5.56 Å². The highest BCUT2D eigenvalue weighted by Crippen LogP contribution is 2.07. The highest BCUT2D eigenvalue weighted by Gasteiger charge is 2.06. The van der Waals surface area contributed by atoms with E-state index in [2.05, 4.69) is 44.6 Å². The summed E-state index contributed by atoms with van der Waals surface area (Å²) in [7, 11) is 0. The van der Waals surface area contributed by atoms with Gasteiger partial charge in [-0.05, 0) is 35.9 Å². The first kappa shape index (κ1) is 13.4. The summed E-state index contributed by atoms with van der Waals surface area (Å²) in [6.07, 6.45) is 0.783. The minimum atomic E-state index is -0.0953. The molecule has 0 aromatic carbocycles. The first-order chi connectivity index (χ1) is 7.58. The molecule has 0 aliphatic heterocycles. The van der Waals surface area contributed by atoms with Gasteiger partial charge in [-0.2, -0.15) is 0 Å². The summed E-state index contributed by atoms with van der Waals surface area (Å²) >= 11 is 3.20. The lowest BCUT2D eigenvalue weighted by Crippen LogP contribution is -2.26. The van der Waals surface area contributed by atoms with Crippen LogP contribution in [-0.4, -0.2) is 34.5 Å². The monoisotopic (exact) mass is 287 g/mol. The molecular formula is C11H18BrN3O. The van der Waals surface area contributed by atoms with Crippen molar-refractivity contribution in [3.63, 3.8) is 0 Å². The minimum Gasteiger partial charge on any atom is -0.310 e. The van der Waals surface area contributed by atoms with Crippen LogP contribution in [0, 0.1) is 6.92 Å². The van der Waals surface area contributed by atoms with E-state index < -0.39 is 0 Å². The number of nitrogens with zero attached hydrogens (tertiary/aromatic N) is 2. The van der Waals surface area contributed by atoms with E-state index in [4.69, 9.17) is 0 Å². The van der Waals surface area contributed by atoms with Gasteiger partial charge in [0.15, 0.2) is 0 Å². The zero-order valence-electron chi connectivity index (χ0n) is 10.0. The lowest BCUT2D eigenvalue weighted by atomic mass is 10.3. The molecule has 0 aliphatic carbocycles. The third-order valence-electron chi connectivity index (χ3n) is 2.64. The van der Waals surface area contributed by atoms with E-state index in [1.807, 2.05) is 6.92 Å². The summed E-state index contributed by atoms with van der Waals surface area (Å²) in [5.41, 5.74) is 0.653. The molecule has 0 radical (unpaired) electrons. The fourth-order valence-electron chi connectivity index (χ4n) is 1.55. The third kappa shape index (κ3) is 3.42. The van der Waals surface area contributed by atoms with Gasteiger partial charge >= 0.3 is 0 Å². The van der Waals surface area contributed by atoms with E-state index in [-0.39, 0.29) is 5.56 Å². The quantitative estimate of drug-likeness (QED) is 0.897. The molecular weight excluding hydrogens is 270 g/mol. The molecule has 0 aliphatic rings. The highest BCUT2D eigenvalue weighted by molar-refractivity contribution is 9.10. The van der Waals surface area contributed by atoms with Crippen molar-refractivity contribution in [3.05, 3.63) is 26.3 Å². The number of hydrogen-bond donors (Lipinski definition) is 1. The fraction of sp³-hybridized carbons (Fsp3) is 0.636. The number of nitrogens with one attached hydrogen (secondary N) is 1. The summed E-state index contributed by atoms with van der Waals surface area (Å²) in [6, 6.07) is 0. The lowest BCUT2D eigenvalue weighted by Gasteiger charge is -2.17. The molecule has 0 bridgehead atoms. The molecule has 90 valence electrons. The SMILES string of the molecule is CCN(CC)CCc1nc(C)c(Br)c(=O)[nH]1. The largest absolute Gasteiger partial charge is 0.310 e. The number of halogens is 1. The first-order valence-corrected chi connectivity index (χ1v) is 6.35. The van der Waals surface area contributed by atoms with Crippen molar-refractivity contribution in [2.24, 2.45) is 0 Å². The first-order valence-electron chi connectivity index (χ1n) is 5.56. The molecule has 0 amide bonds. The summed E-state index contributed by atoms with van der Waals surface area (Å²) in [5.74, 6) is 0.762. The molecule has 0 saturated heterocycles. The van der Waals surface area contributed by atoms with Crippen LogP contribution in [0.25, 0.3) is 0 Å². The van der Waals surface area contributed by atoms with Gasteiger partial charge in [0.05, 0.1) is 5.69 Å². The van der Waals surface area contributed by atoms with E-state index in [1.54, 1.807) is 0 Å². The van der Waals surface area contributed by atoms with Gasteiger partial charge < -0.3 is 9.88 Å². The van der Waals surface area contributed by atoms with Crippen LogP contribution in [0.15, 0.2) is 9.27 Å². The number of likely N-dealkylation sites (N-methyl/N-ethyl adjacent to an activating group) is 1. The molecule has 1 heterocycles. The van der Waals surface area contributed by atoms with Crippen molar-refractivity contribution in [2.45, 2.75) is 27.2 Å². The molecule has 1 rings (SSSR count). The Balaban J connectivity index is 2.72. The van der Waals surface area contributed by atoms with E-state index in [0.717, 1.165) is 37.6 Å². The Hall–Kier alpha value is -0.680. The zero-order valence-corrected chi connectivity index (χ0v) is 11.6. The normalized spacial score (nSPS) is 11.1. The average molecular weight is 288 g/mol.